The fraction of sp³-hybridized carbons (Fsp3) is 0.300. The molecule has 132 valence electrons. The third-order valence-corrected chi connectivity index (χ3v) is 3.97. The van der Waals surface area contributed by atoms with Crippen molar-refractivity contribution in [2.24, 2.45) is 0 Å². The molecule has 0 aliphatic heterocycles. The summed E-state index contributed by atoms with van der Waals surface area (Å²) in [5.41, 5.74) is 2.71. The van der Waals surface area contributed by atoms with E-state index in [2.05, 4.69) is 5.32 Å². The first-order valence-electron chi connectivity index (χ1n) is 8.20. The highest BCUT2D eigenvalue weighted by molar-refractivity contribution is 5.94. The van der Waals surface area contributed by atoms with Gasteiger partial charge in [0.05, 0.1) is 6.54 Å². The molecule has 0 heterocycles. The number of benzene rings is 2. The van der Waals surface area contributed by atoms with E-state index in [1.807, 2.05) is 62.4 Å². The zero-order valence-corrected chi connectivity index (χ0v) is 15.1. The Hall–Kier alpha value is -2.82. The standard InChI is InChI=1S/C20H24N2O3/c1-14-12-18(25-15(2)17-8-6-5-7-9-17)10-11-19(14)21-20(24)13-22(4)16(3)23/h5-12,15H,13H2,1-4H3,(H,21,24). The maximum Gasteiger partial charge on any atom is 0.243 e. The Balaban J connectivity index is 2.00. The van der Waals surface area contributed by atoms with Crippen molar-refractivity contribution in [1.29, 1.82) is 0 Å². The van der Waals surface area contributed by atoms with Crippen molar-refractivity contribution in [3.63, 3.8) is 0 Å². The average Bonchev–Trinajstić information content (AvgIpc) is 2.58. The number of likely N-dealkylation sites (N-methyl/N-ethyl adjacent to an activating group) is 1. The van der Waals surface area contributed by atoms with Gasteiger partial charge in [0.15, 0.2) is 0 Å². The van der Waals surface area contributed by atoms with Gasteiger partial charge in [-0.15, -0.1) is 0 Å². The number of carbonyl (C=O) groups is 2. The van der Waals surface area contributed by atoms with Gasteiger partial charge in [-0.3, -0.25) is 9.59 Å². The van der Waals surface area contributed by atoms with Crippen molar-refractivity contribution in [1.82, 2.24) is 4.90 Å². The van der Waals surface area contributed by atoms with Crippen LogP contribution in [0.1, 0.15) is 31.1 Å². The number of nitrogens with zero attached hydrogens (tertiary/aromatic N) is 1. The summed E-state index contributed by atoms with van der Waals surface area (Å²) in [6.07, 6.45) is -0.0646. The molecule has 0 aliphatic rings. The first kappa shape index (κ1) is 18.5. The van der Waals surface area contributed by atoms with Gasteiger partial charge in [0.2, 0.25) is 11.8 Å². The van der Waals surface area contributed by atoms with Gasteiger partial charge in [0.25, 0.3) is 0 Å². The minimum Gasteiger partial charge on any atom is -0.486 e. The van der Waals surface area contributed by atoms with E-state index < -0.39 is 0 Å². The van der Waals surface area contributed by atoms with Crippen molar-refractivity contribution in [3.8, 4) is 5.75 Å². The Morgan fingerprint density at radius 3 is 2.44 bits per heavy atom. The number of ether oxygens (including phenoxy) is 1. The number of anilines is 1. The average molecular weight is 340 g/mol. The fourth-order valence-corrected chi connectivity index (χ4v) is 2.36. The molecule has 5 heteroatoms. The molecule has 0 fully saturated rings. The lowest BCUT2D eigenvalue weighted by Crippen LogP contribution is -2.33. The van der Waals surface area contributed by atoms with Crippen LogP contribution in [0, 0.1) is 6.92 Å². The normalized spacial score (nSPS) is 11.5. The summed E-state index contributed by atoms with van der Waals surface area (Å²) < 4.78 is 5.97. The summed E-state index contributed by atoms with van der Waals surface area (Å²) in [7, 11) is 1.59. The Labute approximate surface area is 148 Å². The number of hydrogen-bond acceptors (Lipinski definition) is 3. The molecule has 5 nitrogen and oxygen atoms in total. The maximum atomic E-state index is 12.0. The van der Waals surface area contributed by atoms with E-state index in [4.69, 9.17) is 4.74 Å². The van der Waals surface area contributed by atoms with Crippen LogP contribution in [0.3, 0.4) is 0 Å². The van der Waals surface area contributed by atoms with Crippen LogP contribution in [0.5, 0.6) is 5.75 Å². The molecule has 0 aromatic heterocycles. The molecule has 0 radical (unpaired) electrons. The van der Waals surface area contributed by atoms with Crippen molar-refractivity contribution in [2.45, 2.75) is 26.9 Å². The lowest BCUT2D eigenvalue weighted by molar-refractivity contribution is -0.131. The summed E-state index contributed by atoms with van der Waals surface area (Å²) >= 11 is 0. The van der Waals surface area contributed by atoms with Gasteiger partial charge >= 0.3 is 0 Å². The van der Waals surface area contributed by atoms with E-state index in [1.165, 1.54) is 11.8 Å². The number of hydrogen-bond donors (Lipinski definition) is 1. The van der Waals surface area contributed by atoms with Crippen LogP contribution in [0.4, 0.5) is 5.69 Å². The molecule has 0 saturated heterocycles. The molecule has 1 unspecified atom stereocenters. The Kier molecular flexibility index (Phi) is 6.17. The summed E-state index contributed by atoms with van der Waals surface area (Å²) in [5.74, 6) is 0.366. The van der Waals surface area contributed by atoms with E-state index in [0.29, 0.717) is 5.69 Å². The smallest absolute Gasteiger partial charge is 0.243 e. The molecule has 1 atom stereocenters. The third-order valence-electron chi connectivity index (χ3n) is 3.97. The molecule has 2 amide bonds. The molecule has 0 bridgehead atoms. The van der Waals surface area contributed by atoms with Gasteiger partial charge in [-0.1, -0.05) is 30.3 Å². The SMILES string of the molecule is CC(=O)N(C)CC(=O)Nc1ccc(OC(C)c2ccccc2)cc1C. The monoisotopic (exact) mass is 340 g/mol. The third kappa shape index (κ3) is 5.35. The van der Waals surface area contributed by atoms with Crippen molar-refractivity contribution in [2.75, 3.05) is 18.9 Å². The van der Waals surface area contributed by atoms with Crippen LogP contribution in [-0.4, -0.2) is 30.3 Å². The van der Waals surface area contributed by atoms with Crippen molar-refractivity contribution < 1.29 is 14.3 Å². The highest BCUT2D eigenvalue weighted by atomic mass is 16.5. The molecule has 1 N–H and O–H groups in total. The van der Waals surface area contributed by atoms with Crippen molar-refractivity contribution in [3.05, 3.63) is 59.7 Å². The molecule has 0 saturated carbocycles. The molecule has 0 aliphatic carbocycles. The van der Waals surface area contributed by atoms with E-state index in [-0.39, 0.29) is 24.5 Å². The molecular weight excluding hydrogens is 316 g/mol. The number of amides is 2. The van der Waals surface area contributed by atoms with Crippen LogP contribution in [0.15, 0.2) is 48.5 Å². The summed E-state index contributed by atoms with van der Waals surface area (Å²) in [5, 5.41) is 2.82. The molecular formula is C20H24N2O3. The number of aryl methyl sites for hydroxylation is 1. The van der Waals surface area contributed by atoms with Gasteiger partial charge in [-0.25, -0.2) is 0 Å². The van der Waals surface area contributed by atoms with Gasteiger partial charge in [-0.05, 0) is 43.2 Å². The van der Waals surface area contributed by atoms with Gasteiger partial charge in [-0.2, -0.15) is 0 Å². The lowest BCUT2D eigenvalue weighted by Gasteiger charge is -2.18. The van der Waals surface area contributed by atoms with Gasteiger partial charge < -0.3 is 15.0 Å². The molecule has 0 spiro atoms. The van der Waals surface area contributed by atoms with E-state index in [0.717, 1.165) is 16.9 Å². The number of rotatable bonds is 6. The van der Waals surface area contributed by atoms with Gasteiger partial charge in [0.1, 0.15) is 11.9 Å². The van der Waals surface area contributed by atoms with E-state index >= 15 is 0 Å². The Morgan fingerprint density at radius 1 is 1.16 bits per heavy atom. The maximum absolute atomic E-state index is 12.0. The Bertz CT molecular complexity index is 744. The van der Waals surface area contributed by atoms with Crippen LogP contribution < -0.4 is 10.1 Å². The summed E-state index contributed by atoms with van der Waals surface area (Å²) in [6, 6.07) is 15.5. The highest BCUT2D eigenvalue weighted by Gasteiger charge is 2.12. The van der Waals surface area contributed by atoms with Crippen LogP contribution in [0.25, 0.3) is 0 Å². The minimum absolute atomic E-state index is 0.0259. The zero-order chi connectivity index (χ0) is 18.4. The minimum atomic E-state index is -0.230. The van der Waals surface area contributed by atoms with Crippen LogP contribution >= 0.6 is 0 Å². The zero-order valence-electron chi connectivity index (χ0n) is 15.1. The van der Waals surface area contributed by atoms with E-state index in [9.17, 15) is 9.59 Å². The number of carbonyl (C=O) groups excluding carboxylic acids is 2. The quantitative estimate of drug-likeness (QED) is 0.875. The predicted octanol–water partition coefficient (Wildman–Crippen LogP) is 3.55. The van der Waals surface area contributed by atoms with E-state index in [1.54, 1.807) is 7.05 Å². The predicted molar refractivity (Wildman–Crippen MR) is 98.6 cm³/mol. The summed E-state index contributed by atoms with van der Waals surface area (Å²) in [6.45, 7) is 5.36. The fourth-order valence-electron chi connectivity index (χ4n) is 2.36. The largest absolute Gasteiger partial charge is 0.486 e. The first-order valence-corrected chi connectivity index (χ1v) is 8.20. The second-order valence-electron chi connectivity index (χ2n) is 6.07. The van der Waals surface area contributed by atoms with Crippen molar-refractivity contribution >= 4 is 17.5 Å². The second-order valence-corrected chi connectivity index (χ2v) is 6.07. The Morgan fingerprint density at radius 2 is 1.84 bits per heavy atom. The molecule has 25 heavy (non-hydrogen) atoms. The molecule has 2 rings (SSSR count). The lowest BCUT2D eigenvalue weighted by atomic mass is 10.1. The summed E-state index contributed by atoms with van der Waals surface area (Å²) in [4.78, 5) is 24.5. The van der Waals surface area contributed by atoms with Crippen LogP contribution in [-0.2, 0) is 9.59 Å². The highest BCUT2D eigenvalue weighted by Crippen LogP contribution is 2.26. The number of nitrogens with one attached hydrogen (secondary N) is 1. The second kappa shape index (κ2) is 8.33. The first-order chi connectivity index (χ1) is 11.9. The molecule has 2 aromatic rings. The van der Waals surface area contributed by atoms with Gasteiger partial charge in [0, 0.05) is 19.7 Å². The molecule has 2 aromatic carbocycles. The van der Waals surface area contributed by atoms with Crippen LogP contribution in [0.2, 0.25) is 0 Å². The topological polar surface area (TPSA) is 58.6 Å².